The molecule has 0 aliphatic rings. The topological polar surface area (TPSA) is 78.4 Å². The van der Waals surface area contributed by atoms with Crippen LogP contribution in [0.4, 0.5) is 0 Å². The van der Waals surface area contributed by atoms with E-state index in [1.54, 1.807) is 31.6 Å². The van der Waals surface area contributed by atoms with Crippen molar-refractivity contribution in [2.75, 3.05) is 26.7 Å². The van der Waals surface area contributed by atoms with Gasteiger partial charge in [0.25, 0.3) is 5.91 Å². The van der Waals surface area contributed by atoms with Crippen molar-refractivity contribution in [2.45, 2.75) is 32.6 Å². The number of nitrogens with one attached hydrogen (secondary N) is 3. The van der Waals surface area contributed by atoms with Gasteiger partial charge in [-0.25, -0.2) is 0 Å². The second kappa shape index (κ2) is 12.4. The normalized spacial score (nSPS) is 11.4. The van der Waals surface area contributed by atoms with Gasteiger partial charge >= 0.3 is 0 Å². The minimum absolute atomic E-state index is 0. The number of amides is 1. The molecule has 29 heavy (non-hydrogen) atoms. The first-order valence-corrected chi connectivity index (χ1v) is 9.62. The van der Waals surface area contributed by atoms with Crippen LogP contribution in [-0.4, -0.2) is 43.5 Å². The number of carbonyl (C=O) groups excluding carboxylic acids is 1. The molecular weight excluding hydrogens is 477 g/mol. The molecule has 0 unspecified atom stereocenters. The van der Waals surface area contributed by atoms with E-state index in [1.807, 2.05) is 0 Å². The third-order valence-electron chi connectivity index (χ3n) is 4.38. The van der Waals surface area contributed by atoms with Gasteiger partial charge in [-0.15, -0.1) is 24.0 Å². The summed E-state index contributed by atoms with van der Waals surface area (Å²) in [6.45, 7) is 8.54. The van der Waals surface area contributed by atoms with Crippen LogP contribution < -0.4 is 16.0 Å². The highest BCUT2D eigenvalue weighted by Gasteiger charge is 2.12. The average molecular weight is 509 g/mol. The van der Waals surface area contributed by atoms with Crippen LogP contribution in [0.15, 0.2) is 53.8 Å². The molecule has 1 amide bonds. The number of pyridine rings is 1. The Kier molecular flexibility index (Phi) is 10.6. The number of aromatic nitrogens is 1. The van der Waals surface area contributed by atoms with Gasteiger partial charge < -0.3 is 16.0 Å². The zero-order valence-electron chi connectivity index (χ0n) is 17.7. The highest BCUT2D eigenvalue weighted by Crippen LogP contribution is 2.22. The van der Waals surface area contributed by atoms with Gasteiger partial charge in [-0.1, -0.05) is 45.0 Å². The predicted octanol–water partition coefficient (Wildman–Crippen LogP) is 3.13. The van der Waals surface area contributed by atoms with E-state index < -0.39 is 0 Å². The lowest BCUT2D eigenvalue weighted by Gasteiger charge is -2.19. The lowest BCUT2D eigenvalue weighted by molar-refractivity contribution is 0.0954. The molecule has 1 heterocycles. The minimum atomic E-state index is -0.128. The summed E-state index contributed by atoms with van der Waals surface area (Å²) in [5.74, 6) is 0.596. The summed E-state index contributed by atoms with van der Waals surface area (Å²) >= 11 is 0. The molecule has 1 aromatic heterocycles. The maximum atomic E-state index is 11.9. The van der Waals surface area contributed by atoms with Crippen LogP contribution in [0.25, 0.3) is 0 Å². The Morgan fingerprint density at radius 2 is 1.66 bits per heavy atom. The molecule has 6 nitrogen and oxygen atoms in total. The molecule has 0 aliphatic heterocycles. The highest BCUT2D eigenvalue weighted by molar-refractivity contribution is 14.0. The molecule has 2 rings (SSSR count). The third-order valence-corrected chi connectivity index (χ3v) is 4.38. The Bertz CT molecular complexity index is 770. The number of benzene rings is 1. The van der Waals surface area contributed by atoms with Crippen LogP contribution >= 0.6 is 24.0 Å². The van der Waals surface area contributed by atoms with Crippen molar-refractivity contribution in [1.29, 1.82) is 0 Å². The van der Waals surface area contributed by atoms with Crippen LogP contribution in [0, 0.1) is 0 Å². The number of aliphatic imine (C=N–C) groups is 1. The highest BCUT2D eigenvalue weighted by atomic mass is 127. The number of hydrogen-bond acceptors (Lipinski definition) is 3. The van der Waals surface area contributed by atoms with Gasteiger partial charge in [0.1, 0.15) is 0 Å². The molecule has 2 aromatic rings. The number of guanidine groups is 1. The van der Waals surface area contributed by atoms with E-state index >= 15 is 0 Å². The van der Waals surface area contributed by atoms with E-state index in [1.165, 1.54) is 11.1 Å². The molecule has 0 fully saturated rings. The summed E-state index contributed by atoms with van der Waals surface area (Å²) in [6.07, 6.45) is 4.12. The zero-order chi connectivity index (χ0) is 20.4. The predicted molar refractivity (Wildman–Crippen MR) is 130 cm³/mol. The molecule has 1 aromatic carbocycles. The average Bonchev–Trinajstić information content (AvgIpc) is 2.70. The van der Waals surface area contributed by atoms with Crippen LogP contribution in [0.1, 0.15) is 42.3 Å². The fourth-order valence-corrected chi connectivity index (χ4v) is 2.67. The van der Waals surface area contributed by atoms with E-state index in [0.29, 0.717) is 18.7 Å². The molecule has 0 bridgehead atoms. The fraction of sp³-hybridized carbons (Fsp3) is 0.409. The van der Waals surface area contributed by atoms with Crippen LogP contribution in [0.2, 0.25) is 0 Å². The summed E-state index contributed by atoms with van der Waals surface area (Å²) < 4.78 is 0. The molecule has 0 saturated heterocycles. The number of nitrogens with zero attached hydrogens (tertiary/aromatic N) is 2. The van der Waals surface area contributed by atoms with Crippen molar-refractivity contribution in [3.8, 4) is 0 Å². The Morgan fingerprint density at radius 1 is 1.00 bits per heavy atom. The number of hydrogen-bond donors (Lipinski definition) is 3. The zero-order valence-corrected chi connectivity index (χ0v) is 20.0. The van der Waals surface area contributed by atoms with Crippen molar-refractivity contribution in [2.24, 2.45) is 4.99 Å². The number of rotatable bonds is 7. The molecular formula is C22H32IN5O. The molecule has 3 N–H and O–H groups in total. The van der Waals surface area contributed by atoms with Crippen molar-refractivity contribution in [3.63, 3.8) is 0 Å². The molecule has 0 radical (unpaired) electrons. The SMILES string of the molecule is CN=C(NCCNC(=O)c1cccnc1)NCCc1ccc(C(C)(C)C)cc1.I. The quantitative estimate of drug-likeness (QED) is 0.232. The van der Waals surface area contributed by atoms with Gasteiger partial charge in [0, 0.05) is 39.1 Å². The van der Waals surface area contributed by atoms with E-state index in [9.17, 15) is 4.79 Å². The monoisotopic (exact) mass is 509 g/mol. The molecule has 0 atom stereocenters. The van der Waals surface area contributed by atoms with Crippen LogP contribution in [0.3, 0.4) is 0 Å². The van der Waals surface area contributed by atoms with E-state index in [0.717, 1.165) is 18.9 Å². The number of carbonyl (C=O) groups is 1. The fourth-order valence-electron chi connectivity index (χ4n) is 2.67. The maximum Gasteiger partial charge on any atom is 0.252 e. The van der Waals surface area contributed by atoms with Gasteiger partial charge in [0.15, 0.2) is 5.96 Å². The van der Waals surface area contributed by atoms with Gasteiger partial charge in [0.2, 0.25) is 0 Å². The first kappa shape index (κ1) is 24.9. The van der Waals surface area contributed by atoms with Gasteiger partial charge in [-0.05, 0) is 35.1 Å². The van der Waals surface area contributed by atoms with Crippen molar-refractivity contribution >= 4 is 35.8 Å². The van der Waals surface area contributed by atoms with Crippen molar-refractivity contribution in [3.05, 3.63) is 65.5 Å². The first-order chi connectivity index (χ1) is 13.4. The molecule has 0 saturated carbocycles. The van der Waals surface area contributed by atoms with Crippen LogP contribution in [-0.2, 0) is 11.8 Å². The summed E-state index contributed by atoms with van der Waals surface area (Å²) in [6, 6.07) is 12.3. The summed E-state index contributed by atoms with van der Waals surface area (Å²) in [4.78, 5) is 20.1. The molecule has 0 spiro atoms. The third kappa shape index (κ3) is 8.81. The second-order valence-electron chi connectivity index (χ2n) is 7.62. The second-order valence-corrected chi connectivity index (χ2v) is 7.62. The Labute approximate surface area is 191 Å². The van der Waals surface area contributed by atoms with E-state index in [2.05, 4.69) is 71.0 Å². The summed E-state index contributed by atoms with van der Waals surface area (Å²) in [5.41, 5.74) is 3.37. The van der Waals surface area contributed by atoms with Crippen molar-refractivity contribution in [1.82, 2.24) is 20.9 Å². The summed E-state index contributed by atoms with van der Waals surface area (Å²) in [5, 5.41) is 9.35. The molecule has 7 heteroatoms. The van der Waals surface area contributed by atoms with E-state index in [-0.39, 0.29) is 35.3 Å². The smallest absolute Gasteiger partial charge is 0.252 e. The van der Waals surface area contributed by atoms with Gasteiger partial charge in [0.05, 0.1) is 5.56 Å². The molecule has 158 valence electrons. The Hall–Kier alpha value is -2.16. The largest absolute Gasteiger partial charge is 0.356 e. The maximum absolute atomic E-state index is 11.9. The Balaban J connectivity index is 0.00000420. The van der Waals surface area contributed by atoms with Crippen LogP contribution in [0.5, 0.6) is 0 Å². The standard InChI is InChI=1S/C22H31N5O.HI/c1-22(2,3)19-9-7-17(8-10-19)11-13-26-21(23-4)27-15-14-25-20(28)18-6-5-12-24-16-18;/h5-10,12,16H,11,13-15H2,1-4H3,(H,25,28)(H2,23,26,27);1H. The molecule has 0 aliphatic carbocycles. The van der Waals surface area contributed by atoms with Gasteiger partial charge in [-0.2, -0.15) is 0 Å². The summed E-state index contributed by atoms with van der Waals surface area (Å²) in [7, 11) is 1.74. The first-order valence-electron chi connectivity index (χ1n) is 9.62. The minimum Gasteiger partial charge on any atom is -0.356 e. The van der Waals surface area contributed by atoms with E-state index in [4.69, 9.17) is 0 Å². The lowest BCUT2D eigenvalue weighted by atomic mass is 9.86. The lowest BCUT2D eigenvalue weighted by Crippen LogP contribution is -2.42. The van der Waals surface area contributed by atoms with Crippen molar-refractivity contribution < 1.29 is 4.79 Å². The van der Waals surface area contributed by atoms with Gasteiger partial charge in [-0.3, -0.25) is 14.8 Å². The Morgan fingerprint density at radius 3 is 2.24 bits per heavy atom. The number of halogens is 1.